The highest BCUT2D eigenvalue weighted by atomic mass is 16.4. The van der Waals surface area contributed by atoms with Gasteiger partial charge in [-0.05, 0) is 45.3 Å². The van der Waals surface area contributed by atoms with Crippen LogP contribution in [-0.2, 0) is 4.79 Å². The van der Waals surface area contributed by atoms with Gasteiger partial charge in [0.25, 0.3) is 0 Å². The van der Waals surface area contributed by atoms with E-state index in [-0.39, 0.29) is 0 Å². The van der Waals surface area contributed by atoms with Crippen LogP contribution in [0.25, 0.3) is 6.08 Å². The van der Waals surface area contributed by atoms with Crippen molar-refractivity contribution < 1.29 is 9.90 Å². The number of carboxylic acids is 1. The molecule has 5 nitrogen and oxygen atoms in total. The maximum Gasteiger partial charge on any atom is 0.328 e. The van der Waals surface area contributed by atoms with Crippen LogP contribution in [0.15, 0.2) is 24.4 Å². The summed E-state index contributed by atoms with van der Waals surface area (Å²) in [5.41, 5.74) is 0.817. The van der Waals surface area contributed by atoms with E-state index in [1.807, 2.05) is 32.1 Å². The Kier molecular flexibility index (Phi) is 6.02. The Hall–Kier alpha value is -1.88. The monoisotopic (exact) mass is 263 g/mol. The SMILES string of the molecule is CN(C)CCCN(C)c1ncccc1/C=C/C(=O)O. The molecule has 0 aliphatic rings. The molecule has 0 spiro atoms. The van der Waals surface area contributed by atoms with Gasteiger partial charge in [0, 0.05) is 31.4 Å². The molecule has 0 fully saturated rings. The van der Waals surface area contributed by atoms with Crippen molar-refractivity contribution in [3.05, 3.63) is 30.0 Å². The van der Waals surface area contributed by atoms with Gasteiger partial charge in [0.15, 0.2) is 0 Å². The number of aromatic nitrogens is 1. The summed E-state index contributed by atoms with van der Waals surface area (Å²) in [6.45, 7) is 1.89. The summed E-state index contributed by atoms with van der Waals surface area (Å²) < 4.78 is 0. The van der Waals surface area contributed by atoms with E-state index in [2.05, 4.69) is 9.88 Å². The van der Waals surface area contributed by atoms with Crippen LogP contribution in [0.5, 0.6) is 0 Å². The Morgan fingerprint density at radius 2 is 2.11 bits per heavy atom. The molecule has 0 aliphatic carbocycles. The number of nitrogens with zero attached hydrogens (tertiary/aromatic N) is 3. The second-order valence-electron chi connectivity index (χ2n) is 4.67. The van der Waals surface area contributed by atoms with Crippen molar-refractivity contribution in [3.8, 4) is 0 Å². The molecule has 1 rings (SSSR count). The number of carboxylic acid groups (broad SMARTS) is 1. The Morgan fingerprint density at radius 1 is 1.37 bits per heavy atom. The zero-order valence-corrected chi connectivity index (χ0v) is 11.7. The molecule has 0 amide bonds. The molecule has 1 N–H and O–H groups in total. The first-order valence-electron chi connectivity index (χ1n) is 6.22. The molecular weight excluding hydrogens is 242 g/mol. The standard InChI is InChI=1S/C14H21N3O2/c1-16(2)10-5-11-17(3)14-12(6-4-9-15-14)7-8-13(18)19/h4,6-9H,5,10-11H2,1-3H3,(H,18,19)/b8-7+. The van der Waals surface area contributed by atoms with E-state index in [0.717, 1.165) is 37.0 Å². The first-order chi connectivity index (χ1) is 9.00. The van der Waals surface area contributed by atoms with Gasteiger partial charge in [-0.2, -0.15) is 0 Å². The van der Waals surface area contributed by atoms with E-state index in [1.165, 1.54) is 0 Å². The summed E-state index contributed by atoms with van der Waals surface area (Å²) in [5.74, 6) is -0.149. The van der Waals surface area contributed by atoms with E-state index >= 15 is 0 Å². The first-order valence-corrected chi connectivity index (χ1v) is 6.22. The van der Waals surface area contributed by atoms with Gasteiger partial charge in [-0.25, -0.2) is 9.78 Å². The van der Waals surface area contributed by atoms with E-state index in [9.17, 15) is 4.79 Å². The van der Waals surface area contributed by atoms with Crippen LogP contribution in [0.4, 0.5) is 5.82 Å². The fourth-order valence-electron chi connectivity index (χ4n) is 1.75. The molecule has 0 unspecified atom stereocenters. The van der Waals surface area contributed by atoms with E-state index in [1.54, 1.807) is 18.3 Å². The fourth-order valence-corrected chi connectivity index (χ4v) is 1.75. The molecule has 0 saturated carbocycles. The van der Waals surface area contributed by atoms with Crippen molar-refractivity contribution in [1.82, 2.24) is 9.88 Å². The van der Waals surface area contributed by atoms with Crippen LogP contribution in [0.1, 0.15) is 12.0 Å². The van der Waals surface area contributed by atoms with Crippen molar-refractivity contribution in [2.24, 2.45) is 0 Å². The van der Waals surface area contributed by atoms with Crippen LogP contribution in [0.3, 0.4) is 0 Å². The van der Waals surface area contributed by atoms with Crippen molar-refractivity contribution in [3.63, 3.8) is 0 Å². The largest absolute Gasteiger partial charge is 0.478 e. The third-order valence-electron chi connectivity index (χ3n) is 2.68. The van der Waals surface area contributed by atoms with Crippen molar-refractivity contribution >= 4 is 17.9 Å². The predicted octanol–water partition coefficient (Wildman–Crippen LogP) is 1.57. The molecule has 104 valence electrons. The van der Waals surface area contributed by atoms with E-state index in [4.69, 9.17) is 5.11 Å². The Labute approximate surface area is 114 Å². The first kappa shape index (κ1) is 15.2. The number of pyridine rings is 1. The Morgan fingerprint density at radius 3 is 2.74 bits per heavy atom. The number of rotatable bonds is 7. The van der Waals surface area contributed by atoms with Gasteiger partial charge in [-0.3, -0.25) is 0 Å². The minimum atomic E-state index is -0.954. The van der Waals surface area contributed by atoms with Gasteiger partial charge in [0.2, 0.25) is 0 Å². The van der Waals surface area contributed by atoms with E-state index < -0.39 is 5.97 Å². The average molecular weight is 263 g/mol. The smallest absolute Gasteiger partial charge is 0.328 e. The lowest BCUT2D eigenvalue weighted by Gasteiger charge is -2.21. The van der Waals surface area contributed by atoms with E-state index in [0.29, 0.717) is 0 Å². The maximum atomic E-state index is 10.6. The summed E-state index contributed by atoms with van der Waals surface area (Å²) >= 11 is 0. The second kappa shape index (κ2) is 7.53. The Bertz CT molecular complexity index is 444. The maximum absolute atomic E-state index is 10.6. The quantitative estimate of drug-likeness (QED) is 0.757. The number of aliphatic carboxylic acids is 1. The molecule has 0 bridgehead atoms. The van der Waals surface area contributed by atoms with Crippen LogP contribution in [-0.4, -0.2) is 55.2 Å². The second-order valence-corrected chi connectivity index (χ2v) is 4.67. The fraction of sp³-hybridized carbons (Fsp3) is 0.429. The van der Waals surface area contributed by atoms with Crippen molar-refractivity contribution in [1.29, 1.82) is 0 Å². The molecule has 0 saturated heterocycles. The highest BCUT2D eigenvalue weighted by Crippen LogP contribution is 2.17. The molecule has 0 aliphatic heterocycles. The summed E-state index contributed by atoms with van der Waals surface area (Å²) in [5, 5.41) is 8.68. The molecule has 0 aromatic carbocycles. The van der Waals surface area contributed by atoms with Crippen LogP contribution in [0, 0.1) is 0 Å². The lowest BCUT2D eigenvalue weighted by atomic mass is 10.2. The minimum absolute atomic E-state index is 0.804. The molecule has 1 aromatic heterocycles. The predicted molar refractivity (Wildman–Crippen MR) is 77.3 cm³/mol. The molecule has 0 radical (unpaired) electrons. The topological polar surface area (TPSA) is 56.7 Å². The third-order valence-corrected chi connectivity index (χ3v) is 2.68. The van der Waals surface area contributed by atoms with Crippen LogP contribution < -0.4 is 4.90 Å². The molecular formula is C14H21N3O2. The molecule has 1 aromatic rings. The van der Waals surface area contributed by atoms with Gasteiger partial charge in [-0.15, -0.1) is 0 Å². The van der Waals surface area contributed by atoms with Crippen molar-refractivity contribution in [2.75, 3.05) is 39.1 Å². The number of hydrogen-bond donors (Lipinski definition) is 1. The van der Waals surface area contributed by atoms with Gasteiger partial charge >= 0.3 is 5.97 Å². The molecule has 19 heavy (non-hydrogen) atoms. The number of anilines is 1. The number of hydrogen-bond acceptors (Lipinski definition) is 4. The van der Waals surface area contributed by atoms with Crippen LogP contribution >= 0.6 is 0 Å². The third kappa shape index (κ3) is 5.52. The summed E-state index contributed by atoms with van der Waals surface area (Å²) in [7, 11) is 6.06. The average Bonchev–Trinajstić information content (AvgIpc) is 2.36. The van der Waals surface area contributed by atoms with Gasteiger partial charge in [0.05, 0.1) is 0 Å². The van der Waals surface area contributed by atoms with Gasteiger partial charge < -0.3 is 14.9 Å². The lowest BCUT2D eigenvalue weighted by Crippen LogP contribution is -2.24. The zero-order chi connectivity index (χ0) is 14.3. The normalized spacial score (nSPS) is 11.2. The molecule has 1 heterocycles. The Balaban J connectivity index is 2.73. The lowest BCUT2D eigenvalue weighted by molar-refractivity contribution is -0.131. The number of carbonyl (C=O) groups is 1. The van der Waals surface area contributed by atoms with Crippen molar-refractivity contribution in [2.45, 2.75) is 6.42 Å². The molecule has 5 heteroatoms. The van der Waals surface area contributed by atoms with Gasteiger partial charge in [0.1, 0.15) is 5.82 Å². The summed E-state index contributed by atoms with van der Waals surface area (Å²) in [6, 6.07) is 3.67. The van der Waals surface area contributed by atoms with Gasteiger partial charge in [-0.1, -0.05) is 0 Å². The zero-order valence-electron chi connectivity index (χ0n) is 11.7. The minimum Gasteiger partial charge on any atom is -0.478 e. The highest BCUT2D eigenvalue weighted by molar-refractivity contribution is 5.86. The summed E-state index contributed by atoms with van der Waals surface area (Å²) in [6.07, 6.45) is 5.46. The van der Waals surface area contributed by atoms with Crippen LogP contribution in [0.2, 0.25) is 0 Å². The summed E-state index contributed by atoms with van der Waals surface area (Å²) in [4.78, 5) is 19.1. The molecule has 0 atom stereocenters. The highest BCUT2D eigenvalue weighted by Gasteiger charge is 2.06.